The quantitative estimate of drug-likeness (QED) is 0.610. The highest BCUT2D eigenvalue weighted by atomic mass is 15.2. The highest BCUT2D eigenvalue weighted by Crippen LogP contribution is 2.10. The molecule has 0 aliphatic heterocycles. The van der Waals surface area contributed by atoms with E-state index in [9.17, 15) is 0 Å². The Kier molecular flexibility index (Phi) is 3.91. The van der Waals surface area contributed by atoms with Gasteiger partial charge in [-0.3, -0.25) is 4.90 Å². The Morgan fingerprint density at radius 1 is 1.30 bits per heavy atom. The van der Waals surface area contributed by atoms with E-state index >= 15 is 0 Å². The summed E-state index contributed by atoms with van der Waals surface area (Å²) in [5, 5.41) is 0. The van der Waals surface area contributed by atoms with Crippen LogP contribution in [0.1, 0.15) is 27.7 Å². The Morgan fingerprint density at radius 2 is 1.80 bits per heavy atom. The Bertz CT molecular complexity index is 83.7. The van der Waals surface area contributed by atoms with Gasteiger partial charge in [-0.25, -0.2) is 0 Å². The van der Waals surface area contributed by atoms with E-state index in [2.05, 4.69) is 38.3 Å². The Labute approximate surface area is 64.4 Å². The van der Waals surface area contributed by atoms with Crippen LogP contribution in [0, 0.1) is 0 Å². The lowest BCUT2D eigenvalue weighted by Gasteiger charge is -2.33. The number of hydrogen-bond acceptors (Lipinski definition) is 1. The van der Waals surface area contributed by atoms with E-state index in [-0.39, 0.29) is 0 Å². The van der Waals surface area contributed by atoms with Crippen LogP contribution in [0.25, 0.3) is 0 Å². The van der Waals surface area contributed by atoms with Crippen molar-refractivity contribution in [1.82, 2.24) is 4.90 Å². The van der Waals surface area contributed by atoms with E-state index in [1.165, 1.54) is 0 Å². The van der Waals surface area contributed by atoms with Gasteiger partial charge in [-0.05, 0) is 27.3 Å². The second-order valence-electron chi connectivity index (χ2n) is 3.60. The molecule has 0 radical (unpaired) electrons. The molecule has 0 aromatic heterocycles. The van der Waals surface area contributed by atoms with Gasteiger partial charge in [0.25, 0.3) is 0 Å². The first-order chi connectivity index (χ1) is 4.52. The van der Waals surface area contributed by atoms with Crippen LogP contribution in [0.2, 0.25) is 0 Å². The number of hydrogen-bond donors (Lipinski definition) is 1. The molecule has 0 aliphatic rings. The predicted octanol–water partition coefficient (Wildman–Crippen LogP) is 0.349. The molecule has 0 aromatic carbocycles. The molecule has 0 saturated heterocycles. The molecule has 2 nitrogen and oxygen atoms in total. The van der Waals surface area contributed by atoms with E-state index in [0.717, 1.165) is 19.6 Å². The third-order valence-electron chi connectivity index (χ3n) is 1.76. The van der Waals surface area contributed by atoms with Crippen LogP contribution in [0.4, 0.5) is 0 Å². The van der Waals surface area contributed by atoms with Gasteiger partial charge >= 0.3 is 0 Å². The van der Waals surface area contributed by atoms with Gasteiger partial charge in [-0.1, -0.05) is 6.92 Å². The molecule has 62 valence electrons. The molecule has 0 bridgehead atoms. The molecule has 0 heterocycles. The monoisotopic (exact) mass is 145 g/mol. The third kappa shape index (κ3) is 3.18. The van der Waals surface area contributed by atoms with Crippen molar-refractivity contribution in [1.29, 1.82) is 0 Å². The van der Waals surface area contributed by atoms with Crippen LogP contribution < -0.4 is 5.73 Å². The molecule has 3 N–H and O–H groups in total. The number of nitrogens with zero attached hydrogens (tertiary/aromatic N) is 1. The smallest absolute Gasteiger partial charge is 0.0869 e. The summed E-state index contributed by atoms with van der Waals surface area (Å²) in [6, 6.07) is 0. The summed E-state index contributed by atoms with van der Waals surface area (Å²) in [5.74, 6) is 0. The van der Waals surface area contributed by atoms with Crippen molar-refractivity contribution in [2.45, 2.75) is 33.2 Å². The average molecular weight is 145 g/mol. The van der Waals surface area contributed by atoms with Gasteiger partial charge in [0.15, 0.2) is 0 Å². The lowest BCUT2D eigenvalue weighted by Crippen LogP contribution is -2.57. The molecule has 0 fully saturated rings. The van der Waals surface area contributed by atoms with E-state index < -0.39 is 0 Å². The molecule has 0 rings (SSSR count). The van der Waals surface area contributed by atoms with Crippen molar-refractivity contribution in [3.05, 3.63) is 0 Å². The van der Waals surface area contributed by atoms with Gasteiger partial charge in [0, 0.05) is 12.1 Å². The minimum atomic E-state index is 0.312. The lowest BCUT2D eigenvalue weighted by atomic mass is 10.1. The second-order valence-corrected chi connectivity index (χ2v) is 3.60. The normalized spacial score (nSPS) is 12.6. The SMILES string of the molecule is CCN(CC[NH3+])C(C)(C)C. The number of rotatable bonds is 3. The molecule has 0 atom stereocenters. The molecule has 0 aromatic rings. The van der Waals surface area contributed by atoms with Crippen molar-refractivity contribution in [3.63, 3.8) is 0 Å². The van der Waals surface area contributed by atoms with Crippen molar-refractivity contribution in [2.75, 3.05) is 19.6 Å². The van der Waals surface area contributed by atoms with Crippen molar-refractivity contribution >= 4 is 0 Å². The van der Waals surface area contributed by atoms with Gasteiger partial charge in [-0.15, -0.1) is 0 Å². The summed E-state index contributed by atoms with van der Waals surface area (Å²) in [7, 11) is 0. The molecule has 0 saturated carbocycles. The standard InChI is InChI=1S/C8H20N2/c1-5-10(7-6-9)8(2,3)4/h5-7,9H2,1-4H3/p+1. The van der Waals surface area contributed by atoms with Gasteiger partial charge in [0.05, 0.1) is 6.54 Å². The van der Waals surface area contributed by atoms with Gasteiger partial charge in [-0.2, -0.15) is 0 Å². The Balaban J connectivity index is 3.81. The molecule has 0 aliphatic carbocycles. The fourth-order valence-electron chi connectivity index (χ4n) is 1.16. The summed E-state index contributed by atoms with van der Waals surface area (Å²) >= 11 is 0. The van der Waals surface area contributed by atoms with Crippen LogP contribution in [-0.2, 0) is 0 Å². The maximum Gasteiger partial charge on any atom is 0.0869 e. The van der Waals surface area contributed by atoms with Crippen LogP contribution in [-0.4, -0.2) is 30.1 Å². The number of likely N-dealkylation sites (N-methyl/N-ethyl adjacent to an activating group) is 1. The van der Waals surface area contributed by atoms with Crippen molar-refractivity contribution < 1.29 is 5.73 Å². The minimum Gasteiger partial charge on any atom is -0.356 e. The third-order valence-corrected chi connectivity index (χ3v) is 1.76. The fraction of sp³-hybridized carbons (Fsp3) is 1.00. The fourth-order valence-corrected chi connectivity index (χ4v) is 1.16. The first-order valence-corrected chi connectivity index (χ1v) is 4.06. The zero-order valence-corrected chi connectivity index (χ0v) is 7.78. The highest BCUT2D eigenvalue weighted by Gasteiger charge is 2.18. The molecule has 10 heavy (non-hydrogen) atoms. The minimum absolute atomic E-state index is 0.312. The summed E-state index contributed by atoms with van der Waals surface area (Å²) in [6.45, 7) is 12.2. The predicted molar refractivity (Wildman–Crippen MR) is 44.8 cm³/mol. The maximum absolute atomic E-state index is 3.85. The molecular weight excluding hydrogens is 124 g/mol. The van der Waals surface area contributed by atoms with Gasteiger partial charge in [0.2, 0.25) is 0 Å². The van der Waals surface area contributed by atoms with E-state index in [1.807, 2.05) is 0 Å². The Hall–Kier alpha value is -0.0800. The molecule has 0 amide bonds. The summed E-state index contributed by atoms with van der Waals surface area (Å²) in [5.41, 5.74) is 4.16. The first-order valence-electron chi connectivity index (χ1n) is 4.06. The van der Waals surface area contributed by atoms with E-state index in [0.29, 0.717) is 5.54 Å². The van der Waals surface area contributed by atoms with Gasteiger partial charge < -0.3 is 5.73 Å². The molecule has 0 unspecified atom stereocenters. The summed E-state index contributed by atoms with van der Waals surface area (Å²) in [4.78, 5) is 2.43. The van der Waals surface area contributed by atoms with Crippen molar-refractivity contribution in [3.8, 4) is 0 Å². The highest BCUT2D eigenvalue weighted by molar-refractivity contribution is 4.74. The van der Waals surface area contributed by atoms with E-state index in [4.69, 9.17) is 0 Å². The van der Waals surface area contributed by atoms with Gasteiger partial charge in [0.1, 0.15) is 0 Å². The van der Waals surface area contributed by atoms with Crippen molar-refractivity contribution in [2.24, 2.45) is 0 Å². The Morgan fingerprint density at radius 3 is 1.90 bits per heavy atom. The maximum atomic E-state index is 3.85. The second kappa shape index (κ2) is 3.94. The summed E-state index contributed by atoms with van der Waals surface area (Å²) < 4.78 is 0. The zero-order chi connectivity index (χ0) is 8.20. The largest absolute Gasteiger partial charge is 0.356 e. The summed E-state index contributed by atoms with van der Waals surface area (Å²) in [6.07, 6.45) is 0. The van der Waals surface area contributed by atoms with Crippen LogP contribution in [0.5, 0.6) is 0 Å². The van der Waals surface area contributed by atoms with Crippen LogP contribution >= 0.6 is 0 Å². The molecule has 2 heteroatoms. The first kappa shape index (κ1) is 9.92. The molecule has 0 spiro atoms. The van der Waals surface area contributed by atoms with Crippen LogP contribution in [0.15, 0.2) is 0 Å². The zero-order valence-electron chi connectivity index (χ0n) is 7.78. The molecular formula is C8H21N2+. The lowest BCUT2D eigenvalue weighted by molar-refractivity contribution is -0.370. The average Bonchev–Trinajstić information content (AvgIpc) is 1.80. The van der Waals surface area contributed by atoms with E-state index in [1.54, 1.807) is 0 Å². The number of quaternary nitrogens is 1. The van der Waals surface area contributed by atoms with Crippen LogP contribution in [0.3, 0.4) is 0 Å². The topological polar surface area (TPSA) is 30.9 Å².